The maximum Gasteiger partial charge on any atom is 0.148 e. The Bertz CT molecular complexity index is 758. The number of alkyl halides is 1. The average molecular weight is 427 g/mol. The van der Waals surface area contributed by atoms with Gasteiger partial charge in [-0.1, -0.05) is 59.9 Å². The molecule has 0 aliphatic rings. The molecule has 0 radical (unpaired) electrons. The van der Waals surface area contributed by atoms with Crippen molar-refractivity contribution in [3.63, 3.8) is 0 Å². The van der Waals surface area contributed by atoms with Crippen molar-refractivity contribution in [3.05, 3.63) is 68.2 Å². The Kier molecular flexibility index (Phi) is 4.57. The average Bonchev–Trinajstić information content (AvgIpc) is 3.00. The summed E-state index contributed by atoms with van der Waals surface area (Å²) in [4.78, 5) is 0. The van der Waals surface area contributed by atoms with E-state index in [4.69, 9.17) is 11.6 Å². The quantitative estimate of drug-likeness (QED) is 0.411. The first-order valence-electron chi connectivity index (χ1n) is 6.44. The first kappa shape index (κ1) is 14.9. The molecule has 0 aliphatic carbocycles. The van der Waals surface area contributed by atoms with Crippen molar-refractivity contribution < 1.29 is 0 Å². The van der Waals surface area contributed by atoms with Crippen molar-refractivity contribution in [2.24, 2.45) is 0 Å². The first-order valence-corrected chi connectivity index (χ1v) is 8.78. The number of aromatic nitrogens is 2. The number of hydrogen-bond acceptors (Lipinski definition) is 3. The molecule has 21 heavy (non-hydrogen) atoms. The van der Waals surface area contributed by atoms with Gasteiger partial charge >= 0.3 is 0 Å². The van der Waals surface area contributed by atoms with Crippen LogP contribution in [0.3, 0.4) is 0 Å². The molecule has 0 amide bonds. The number of hydrogen-bond donors (Lipinski definition) is 0. The predicted molar refractivity (Wildman–Crippen MR) is 96.9 cm³/mol. The van der Waals surface area contributed by atoms with E-state index in [1.165, 1.54) is 9.13 Å². The fourth-order valence-corrected chi connectivity index (χ4v) is 4.02. The van der Waals surface area contributed by atoms with E-state index in [9.17, 15) is 0 Å². The minimum absolute atomic E-state index is 0.250. The van der Waals surface area contributed by atoms with Crippen LogP contribution in [0, 0.1) is 10.5 Å². The summed E-state index contributed by atoms with van der Waals surface area (Å²) in [5.41, 5.74) is 3.41. The lowest BCUT2D eigenvalue weighted by atomic mass is 10.1. The summed E-state index contributed by atoms with van der Waals surface area (Å²) in [6.45, 7) is 2.10. The van der Waals surface area contributed by atoms with E-state index in [2.05, 4.69) is 51.8 Å². The smallest absolute Gasteiger partial charge is 0.141 e. The van der Waals surface area contributed by atoms with Crippen LogP contribution in [0.4, 0.5) is 0 Å². The molecular formula is C16H12ClIN2S. The van der Waals surface area contributed by atoms with Crippen molar-refractivity contribution in [2.75, 3.05) is 0 Å². The van der Waals surface area contributed by atoms with Crippen molar-refractivity contribution in [1.82, 2.24) is 10.2 Å². The highest BCUT2D eigenvalue weighted by Crippen LogP contribution is 2.35. The second-order valence-corrected chi connectivity index (χ2v) is 7.18. The van der Waals surface area contributed by atoms with Crippen LogP contribution in [0.15, 0.2) is 48.5 Å². The number of rotatable bonds is 3. The minimum atomic E-state index is -0.250. The van der Waals surface area contributed by atoms with Gasteiger partial charge in [-0.05, 0) is 40.6 Å². The lowest BCUT2D eigenvalue weighted by Gasteiger charge is -2.05. The van der Waals surface area contributed by atoms with Crippen LogP contribution in [0.2, 0.25) is 0 Å². The van der Waals surface area contributed by atoms with Crippen molar-refractivity contribution in [2.45, 2.75) is 12.3 Å². The van der Waals surface area contributed by atoms with E-state index in [1.54, 1.807) is 11.3 Å². The summed E-state index contributed by atoms with van der Waals surface area (Å²) in [5.74, 6) is 0. The van der Waals surface area contributed by atoms with Gasteiger partial charge in [0.05, 0.1) is 0 Å². The van der Waals surface area contributed by atoms with E-state index in [1.807, 2.05) is 36.4 Å². The Hall–Kier alpha value is -0.980. The van der Waals surface area contributed by atoms with E-state index in [0.29, 0.717) is 0 Å². The maximum absolute atomic E-state index is 6.51. The summed E-state index contributed by atoms with van der Waals surface area (Å²) in [5, 5.41) is 10.1. The molecule has 3 rings (SSSR count). The molecule has 1 heterocycles. The Labute approximate surface area is 146 Å². The third kappa shape index (κ3) is 3.12. The van der Waals surface area contributed by atoms with Crippen molar-refractivity contribution >= 4 is 45.5 Å². The van der Waals surface area contributed by atoms with E-state index < -0.39 is 0 Å². The van der Waals surface area contributed by atoms with E-state index in [0.717, 1.165) is 21.1 Å². The molecule has 0 aliphatic heterocycles. The molecule has 0 saturated heterocycles. The molecule has 1 aromatic heterocycles. The lowest BCUT2D eigenvalue weighted by Crippen LogP contribution is -1.91. The van der Waals surface area contributed by atoms with Gasteiger partial charge in [0.25, 0.3) is 0 Å². The predicted octanol–water partition coefficient (Wildman–Crippen LogP) is 5.45. The number of halogens is 2. The van der Waals surface area contributed by atoms with E-state index in [-0.39, 0.29) is 5.38 Å². The zero-order valence-corrected chi connectivity index (χ0v) is 15.0. The number of benzene rings is 2. The van der Waals surface area contributed by atoms with E-state index >= 15 is 0 Å². The lowest BCUT2D eigenvalue weighted by molar-refractivity contribution is 0.987. The highest BCUT2D eigenvalue weighted by molar-refractivity contribution is 14.1. The number of aryl methyl sites for hydroxylation is 1. The molecule has 0 N–H and O–H groups in total. The largest absolute Gasteiger partial charge is 0.148 e. The zero-order chi connectivity index (χ0) is 14.8. The van der Waals surface area contributed by atoms with Gasteiger partial charge in [0, 0.05) is 9.13 Å². The molecule has 2 aromatic carbocycles. The van der Waals surface area contributed by atoms with Gasteiger partial charge in [0.1, 0.15) is 15.4 Å². The van der Waals surface area contributed by atoms with Crippen LogP contribution in [0.5, 0.6) is 0 Å². The van der Waals surface area contributed by atoms with Crippen LogP contribution in [0.1, 0.15) is 21.5 Å². The second kappa shape index (κ2) is 6.42. The van der Waals surface area contributed by atoms with Crippen LogP contribution < -0.4 is 0 Å². The van der Waals surface area contributed by atoms with Crippen molar-refractivity contribution in [3.8, 4) is 10.6 Å². The summed E-state index contributed by atoms with van der Waals surface area (Å²) >= 11 is 10.4. The molecule has 5 heteroatoms. The van der Waals surface area contributed by atoms with Gasteiger partial charge < -0.3 is 0 Å². The molecule has 3 aromatic rings. The van der Waals surface area contributed by atoms with Crippen LogP contribution >= 0.6 is 45.5 Å². The molecule has 2 nitrogen and oxygen atoms in total. The Morgan fingerprint density at radius 2 is 1.81 bits per heavy atom. The molecule has 0 spiro atoms. The van der Waals surface area contributed by atoms with Crippen LogP contribution in [0.25, 0.3) is 10.6 Å². The molecule has 0 saturated carbocycles. The fraction of sp³-hybridized carbons (Fsp3) is 0.125. The topological polar surface area (TPSA) is 25.8 Å². The Morgan fingerprint density at radius 1 is 1.05 bits per heavy atom. The standard InChI is InChI=1S/C16H12ClIN2S/c1-10-6-5-9-12(14(10)18)15-19-20-16(21-15)13(17)11-7-3-2-4-8-11/h2-9,13H,1H3. The first-order chi connectivity index (χ1) is 10.2. The van der Waals surface area contributed by atoms with Gasteiger partial charge in [-0.15, -0.1) is 21.8 Å². The third-order valence-corrected chi connectivity index (χ3v) is 6.21. The maximum atomic E-state index is 6.51. The minimum Gasteiger partial charge on any atom is -0.141 e. The third-order valence-electron chi connectivity index (χ3n) is 3.17. The van der Waals surface area contributed by atoms with Gasteiger partial charge in [-0.25, -0.2) is 0 Å². The van der Waals surface area contributed by atoms with Gasteiger partial charge in [-0.2, -0.15) is 0 Å². The summed E-state index contributed by atoms with van der Waals surface area (Å²) in [6, 6.07) is 16.2. The molecule has 1 unspecified atom stereocenters. The highest BCUT2D eigenvalue weighted by atomic mass is 127. The van der Waals surface area contributed by atoms with Crippen LogP contribution in [-0.2, 0) is 0 Å². The molecular weight excluding hydrogens is 415 g/mol. The Morgan fingerprint density at radius 3 is 2.57 bits per heavy atom. The monoisotopic (exact) mass is 426 g/mol. The second-order valence-electron chi connectivity index (χ2n) is 4.66. The molecule has 1 atom stereocenters. The van der Waals surface area contributed by atoms with Gasteiger partial charge in [0.15, 0.2) is 0 Å². The van der Waals surface area contributed by atoms with Gasteiger partial charge in [0.2, 0.25) is 0 Å². The van der Waals surface area contributed by atoms with Crippen molar-refractivity contribution in [1.29, 1.82) is 0 Å². The summed E-state index contributed by atoms with van der Waals surface area (Å²) in [6.07, 6.45) is 0. The number of nitrogens with zero attached hydrogens (tertiary/aromatic N) is 2. The van der Waals surface area contributed by atoms with Gasteiger partial charge in [-0.3, -0.25) is 0 Å². The molecule has 106 valence electrons. The normalized spacial score (nSPS) is 12.3. The zero-order valence-electron chi connectivity index (χ0n) is 11.3. The SMILES string of the molecule is Cc1cccc(-c2nnc(C(Cl)c3ccccc3)s2)c1I. The molecule has 0 bridgehead atoms. The Balaban J connectivity index is 1.95. The van der Waals surface area contributed by atoms with Crippen LogP contribution in [-0.4, -0.2) is 10.2 Å². The molecule has 0 fully saturated rings. The summed E-state index contributed by atoms with van der Waals surface area (Å²) in [7, 11) is 0. The highest BCUT2D eigenvalue weighted by Gasteiger charge is 2.18. The fourth-order valence-electron chi connectivity index (χ4n) is 2.02. The summed E-state index contributed by atoms with van der Waals surface area (Å²) < 4.78 is 1.21.